The summed E-state index contributed by atoms with van der Waals surface area (Å²) in [5.74, 6) is 0. The summed E-state index contributed by atoms with van der Waals surface area (Å²) in [4.78, 5) is 4.09. The Morgan fingerprint density at radius 3 is 3.00 bits per heavy atom. The van der Waals surface area contributed by atoms with E-state index >= 15 is 0 Å². The summed E-state index contributed by atoms with van der Waals surface area (Å²) in [6.45, 7) is 8.12. The van der Waals surface area contributed by atoms with E-state index in [9.17, 15) is 0 Å². The first-order valence-electron chi connectivity index (χ1n) is 7.25. The Hall–Kier alpha value is -0.380. The Morgan fingerprint density at radius 1 is 1.39 bits per heavy atom. The first kappa shape index (κ1) is 14.0. The van der Waals surface area contributed by atoms with Gasteiger partial charge in [-0.2, -0.15) is 0 Å². The molecule has 2 heterocycles. The minimum Gasteiger partial charge on any atom is -0.313 e. The summed E-state index contributed by atoms with van der Waals surface area (Å²) in [7, 11) is 0. The van der Waals surface area contributed by atoms with Gasteiger partial charge in [-0.15, -0.1) is 11.3 Å². The average Bonchev–Trinajstić information content (AvgIpc) is 2.71. The molecule has 1 fully saturated rings. The van der Waals surface area contributed by atoms with Gasteiger partial charge in [-0.1, -0.05) is 18.9 Å². The average molecular weight is 266 g/mol. The van der Waals surface area contributed by atoms with Crippen LogP contribution in [0.3, 0.4) is 0 Å². The van der Waals surface area contributed by atoms with Crippen LogP contribution in [-0.4, -0.2) is 30.1 Å². The molecule has 1 aliphatic rings. The highest BCUT2D eigenvalue weighted by Gasteiger charge is 2.18. The normalized spacial score (nSPS) is 21.4. The van der Waals surface area contributed by atoms with Gasteiger partial charge >= 0.3 is 0 Å². The summed E-state index contributed by atoms with van der Waals surface area (Å²) >= 11 is 1.87. The molecule has 0 aromatic carbocycles. The Kier molecular flexibility index (Phi) is 5.67. The van der Waals surface area contributed by atoms with Gasteiger partial charge in [0.15, 0.2) is 0 Å². The molecule has 2 nitrogen and oxygen atoms in total. The molecule has 3 heteroatoms. The third kappa shape index (κ3) is 4.38. The van der Waals surface area contributed by atoms with E-state index < -0.39 is 0 Å². The van der Waals surface area contributed by atoms with Crippen molar-refractivity contribution in [1.82, 2.24) is 10.2 Å². The largest absolute Gasteiger partial charge is 0.313 e. The number of nitrogens with zero attached hydrogens (tertiary/aromatic N) is 1. The smallest absolute Gasteiger partial charge is 0.0331 e. The lowest BCUT2D eigenvalue weighted by atomic mass is 10.1. The highest BCUT2D eigenvalue weighted by molar-refractivity contribution is 7.09. The summed E-state index contributed by atoms with van der Waals surface area (Å²) in [5, 5.41) is 5.89. The molecule has 1 saturated heterocycles. The molecule has 1 unspecified atom stereocenters. The maximum Gasteiger partial charge on any atom is 0.0331 e. The van der Waals surface area contributed by atoms with Crippen molar-refractivity contribution >= 4 is 11.3 Å². The zero-order valence-electron chi connectivity index (χ0n) is 11.7. The van der Waals surface area contributed by atoms with Crippen molar-refractivity contribution in [3.63, 3.8) is 0 Å². The predicted molar refractivity (Wildman–Crippen MR) is 80.1 cm³/mol. The molecule has 0 amide bonds. The van der Waals surface area contributed by atoms with Gasteiger partial charge < -0.3 is 5.32 Å². The molecular weight excluding hydrogens is 240 g/mol. The van der Waals surface area contributed by atoms with E-state index in [1.807, 2.05) is 11.3 Å². The van der Waals surface area contributed by atoms with E-state index in [4.69, 9.17) is 0 Å². The molecule has 0 radical (unpaired) electrons. The van der Waals surface area contributed by atoms with Crippen molar-refractivity contribution < 1.29 is 0 Å². The molecule has 0 saturated carbocycles. The third-order valence-corrected chi connectivity index (χ3v) is 4.65. The van der Waals surface area contributed by atoms with Crippen LogP contribution in [-0.2, 0) is 6.54 Å². The van der Waals surface area contributed by atoms with Crippen LogP contribution < -0.4 is 5.32 Å². The number of hydrogen-bond acceptors (Lipinski definition) is 3. The van der Waals surface area contributed by atoms with E-state index in [0.717, 1.165) is 6.54 Å². The number of nitrogens with one attached hydrogen (secondary N) is 1. The standard InChI is InChI=1S/C15H26N2S/c1-13(2)17(12-15-8-6-10-18-15)11-14-7-4-3-5-9-16-14/h6,8,10,13-14,16H,3-5,7,9,11-12H2,1-2H3. The van der Waals surface area contributed by atoms with Gasteiger partial charge in [0.1, 0.15) is 0 Å². The molecule has 2 rings (SSSR count). The molecule has 1 atom stereocenters. The van der Waals surface area contributed by atoms with Crippen LogP contribution in [0.15, 0.2) is 17.5 Å². The Morgan fingerprint density at radius 2 is 2.28 bits per heavy atom. The van der Waals surface area contributed by atoms with Gasteiger partial charge in [0.25, 0.3) is 0 Å². The molecule has 1 aromatic rings. The van der Waals surface area contributed by atoms with Crippen molar-refractivity contribution in [3.8, 4) is 0 Å². The zero-order chi connectivity index (χ0) is 12.8. The lowest BCUT2D eigenvalue weighted by Gasteiger charge is -2.30. The minimum absolute atomic E-state index is 0.622. The minimum atomic E-state index is 0.622. The molecule has 18 heavy (non-hydrogen) atoms. The van der Waals surface area contributed by atoms with Gasteiger partial charge in [-0.25, -0.2) is 0 Å². The Balaban J connectivity index is 1.88. The Labute approximate surface area is 115 Å². The van der Waals surface area contributed by atoms with Crippen molar-refractivity contribution in [1.29, 1.82) is 0 Å². The molecule has 0 bridgehead atoms. The third-order valence-electron chi connectivity index (χ3n) is 3.79. The highest BCUT2D eigenvalue weighted by atomic mass is 32.1. The van der Waals surface area contributed by atoms with E-state index in [1.54, 1.807) is 0 Å². The van der Waals surface area contributed by atoms with Crippen LogP contribution in [0, 0.1) is 0 Å². The SMILES string of the molecule is CC(C)N(Cc1cccs1)CC1CCCCCN1. The first-order chi connectivity index (χ1) is 8.75. The summed E-state index contributed by atoms with van der Waals surface area (Å²) < 4.78 is 0. The monoisotopic (exact) mass is 266 g/mol. The molecule has 1 aromatic heterocycles. The maximum atomic E-state index is 3.71. The topological polar surface area (TPSA) is 15.3 Å². The van der Waals surface area contributed by atoms with Crippen LogP contribution in [0.2, 0.25) is 0 Å². The lowest BCUT2D eigenvalue weighted by Crippen LogP contribution is -2.43. The first-order valence-corrected chi connectivity index (χ1v) is 8.13. The number of rotatable bonds is 5. The number of thiophene rings is 1. The fourth-order valence-corrected chi connectivity index (χ4v) is 3.33. The fraction of sp³-hybridized carbons (Fsp3) is 0.733. The van der Waals surface area contributed by atoms with Crippen molar-refractivity contribution in [2.45, 2.75) is 58.2 Å². The Bertz CT molecular complexity index is 313. The fourth-order valence-electron chi connectivity index (χ4n) is 2.60. The second-order valence-corrected chi connectivity index (χ2v) is 6.64. The molecular formula is C15H26N2S. The molecule has 0 spiro atoms. The van der Waals surface area contributed by atoms with Crippen LogP contribution >= 0.6 is 11.3 Å². The van der Waals surface area contributed by atoms with E-state index in [2.05, 4.69) is 41.6 Å². The maximum absolute atomic E-state index is 3.71. The summed E-state index contributed by atoms with van der Waals surface area (Å²) in [6, 6.07) is 5.72. The highest BCUT2D eigenvalue weighted by Crippen LogP contribution is 2.16. The van der Waals surface area contributed by atoms with Crippen molar-refractivity contribution in [2.75, 3.05) is 13.1 Å². The van der Waals surface area contributed by atoms with Gasteiger partial charge in [0.2, 0.25) is 0 Å². The predicted octanol–water partition coefficient (Wildman–Crippen LogP) is 3.49. The van der Waals surface area contributed by atoms with Crippen LogP contribution in [0.4, 0.5) is 0 Å². The van der Waals surface area contributed by atoms with Crippen molar-refractivity contribution in [3.05, 3.63) is 22.4 Å². The summed E-state index contributed by atoms with van der Waals surface area (Å²) in [5.41, 5.74) is 0. The lowest BCUT2D eigenvalue weighted by molar-refractivity contribution is 0.188. The van der Waals surface area contributed by atoms with Crippen LogP contribution in [0.25, 0.3) is 0 Å². The van der Waals surface area contributed by atoms with E-state index in [0.29, 0.717) is 12.1 Å². The van der Waals surface area contributed by atoms with Crippen LogP contribution in [0.5, 0.6) is 0 Å². The van der Waals surface area contributed by atoms with Gasteiger partial charge in [-0.05, 0) is 44.7 Å². The second kappa shape index (κ2) is 7.27. The van der Waals surface area contributed by atoms with Gasteiger partial charge in [-0.3, -0.25) is 4.90 Å². The van der Waals surface area contributed by atoms with Crippen LogP contribution in [0.1, 0.15) is 44.4 Å². The zero-order valence-corrected chi connectivity index (χ0v) is 12.5. The quantitative estimate of drug-likeness (QED) is 0.877. The molecule has 1 aliphatic heterocycles. The van der Waals surface area contributed by atoms with E-state index in [-0.39, 0.29) is 0 Å². The summed E-state index contributed by atoms with van der Waals surface area (Å²) in [6.07, 6.45) is 5.48. The van der Waals surface area contributed by atoms with Crippen molar-refractivity contribution in [2.24, 2.45) is 0 Å². The molecule has 0 aliphatic carbocycles. The van der Waals surface area contributed by atoms with Gasteiger partial charge in [0.05, 0.1) is 0 Å². The van der Waals surface area contributed by atoms with Gasteiger partial charge in [0, 0.05) is 30.1 Å². The molecule has 102 valence electrons. The second-order valence-electron chi connectivity index (χ2n) is 5.60. The molecule has 1 N–H and O–H groups in total. The van der Waals surface area contributed by atoms with E-state index in [1.165, 1.54) is 43.6 Å². The number of hydrogen-bond donors (Lipinski definition) is 1.